The lowest BCUT2D eigenvalue weighted by molar-refractivity contribution is -0.129. The van der Waals surface area contributed by atoms with Gasteiger partial charge in [-0.25, -0.2) is 9.59 Å². The molecule has 5 nitrogen and oxygen atoms in total. The summed E-state index contributed by atoms with van der Waals surface area (Å²) in [6.45, 7) is 2.09. The van der Waals surface area contributed by atoms with Crippen molar-refractivity contribution in [3.05, 3.63) is 52.9 Å². The van der Waals surface area contributed by atoms with Gasteiger partial charge in [0.25, 0.3) is 0 Å². The summed E-state index contributed by atoms with van der Waals surface area (Å²) in [7, 11) is 0. The molecular formula is C18H20O5. The minimum Gasteiger partial charge on any atom is -0.423 e. The van der Waals surface area contributed by atoms with E-state index >= 15 is 0 Å². The van der Waals surface area contributed by atoms with E-state index in [9.17, 15) is 14.7 Å². The molecule has 23 heavy (non-hydrogen) atoms. The van der Waals surface area contributed by atoms with Crippen LogP contribution in [0.1, 0.15) is 32.6 Å². The number of carbonyl (C=O) groups excluding carboxylic acids is 1. The van der Waals surface area contributed by atoms with Crippen molar-refractivity contribution in [2.75, 3.05) is 0 Å². The van der Waals surface area contributed by atoms with Crippen LogP contribution in [-0.4, -0.2) is 17.2 Å². The zero-order chi connectivity index (χ0) is 16.7. The maximum atomic E-state index is 11.7. The van der Waals surface area contributed by atoms with Crippen molar-refractivity contribution < 1.29 is 19.1 Å². The Morgan fingerprint density at radius 3 is 2.87 bits per heavy atom. The van der Waals surface area contributed by atoms with Crippen molar-refractivity contribution in [1.82, 2.24) is 0 Å². The molecule has 1 aromatic heterocycles. The molecular weight excluding hydrogens is 296 g/mol. The number of hydrogen-bond acceptors (Lipinski definition) is 5. The Hall–Kier alpha value is -2.40. The maximum absolute atomic E-state index is 11.7. The summed E-state index contributed by atoms with van der Waals surface area (Å²) in [6, 6.07) is 7.77. The Morgan fingerprint density at radius 1 is 1.30 bits per heavy atom. The topological polar surface area (TPSA) is 76.7 Å². The number of ether oxygens (including phenoxy) is 1. The lowest BCUT2D eigenvalue weighted by Gasteiger charge is -2.05. The molecule has 1 aromatic carbocycles. The van der Waals surface area contributed by atoms with Crippen LogP contribution in [0.25, 0.3) is 11.0 Å². The molecule has 0 bridgehead atoms. The highest BCUT2D eigenvalue weighted by Crippen LogP contribution is 2.19. The number of esters is 1. The van der Waals surface area contributed by atoms with Crippen molar-refractivity contribution in [1.29, 1.82) is 0 Å². The number of aliphatic hydroxyl groups excluding tert-OH is 1. The summed E-state index contributed by atoms with van der Waals surface area (Å²) in [5, 5.41) is 10.5. The van der Waals surface area contributed by atoms with E-state index in [0.29, 0.717) is 12.0 Å². The average Bonchev–Trinajstić information content (AvgIpc) is 2.53. The maximum Gasteiger partial charge on any atom is 0.336 e. The molecule has 1 atom stereocenters. The predicted octanol–water partition coefficient (Wildman–Crippen LogP) is 3.20. The van der Waals surface area contributed by atoms with E-state index < -0.39 is 17.7 Å². The molecule has 0 spiro atoms. The van der Waals surface area contributed by atoms with Crippen LogP contribution >= 0.6 is 0 Å². The third kappa shape index (κ3) is 5.38. The Morgan fingerprint density at radius 2 is 2.09 bits per heavy atom. The highest BCUT2D eigenvalue weighted by molar-refractivity contribution is 5.85. The molecule has 2 aromatic rings. The molecule has 0 fully saturated rings. The van der Waals surface area contributed by atoms with Crippen molar-refractivity contribution in [2.45, 2.75) is 38.7 Å². The normalized spacial score (nSPS) is 12.6. The van der Waals surface area contributed by atoms with Crippen LogP contribution in [0.5, 0.6) is 5.75 Å². The predicted molar refractivity (Wildman–Crippen MR) is 87.4 cm³/mol. The van der Waals surface area contributed by atoms with Gasteiger partial charge in [-0.1, -0.05) is 26.2 Å². The first-order valence-corrected chi connectivity index (χ1v) is 7.70. The van der Waals surface area contributed by atoms with Gasteiger partial charge in [0.05, 0.1) is 6.10 Å². The second-order valence-electron chi connectivity index (χ2n) is 5.30. The van der Waals surface area contributed by atoms with Gasteiger partial charge < -0.3 is 14.3 Å². The van der Waals surface area contributed by atoms with Crippen LogP contribution in [0.4, 0.5) is 0 Å². The first kappa shape index (κ1) is 17.0. The summed E-state index contributed by atoms with van der Waals surface area (Å²) in [6.07, 6.45) is 5.67. The van der Waals surface area contributed by atoms with Gasteiger partial charge in [0.15, 0.2) is 0 Å². The smallest absolute Gasteiger partial charge is 0.336 e. The SMILES string of the molecule is CCCCCC(O)/C=C/C(=O)Oc1ccc2ccc(=O)oc2c1. The van der Waals surface area contributed by atoms with Gasteiger partial charge in [0, 0.05) is 23.6 Å². The van der Waals surface area contributed by atoms with Crippen molar-refractivity contribution in [2.24, 2.45) is 0 Å². The lowest BCUT2D eigenvalue weighted by atomic mass is 10.1. The van der Waals surface area contributed by atoms with Gasteiger partial charge in [0.2, 0.25) is 0 Å². The van der Waals surface area contributed by atoms with Gasteiger partial charge in [0.1, 0.15) is 11.3 Å². The molecule has 0 aliphatic heterocycles. The summed E-state index contributed by atoms with van der Waals surface area (Å²) in [5.74, 6) is -0.306. The fraction of sp³-hybridized carbons (Fsp3) is 0.333. The minimum absolute atomic E-state index is 0.280. The standard InChI is InChI=1S/C18H20O5/c1-2-3-4-5-14(19)8-11-17(20)22-15-9-6-13-7-10-18(21)23-16(13)12-15/h6-12,14,19H,2-5H2,1H3/b11-8+. The Kier molecular flexibility index (Phi) is 6.11. The number of benzene rings is 1. The summed E-state index contributed by atoms with van der Waals surface area (Å²) in [5.41, 5.74) is -0.109. The first-order valence-electron chi connectivity index (χ1n) is 7.70. The van der Waals surface area contributed by atoms with Crippen molar-refractivity contribution in [3.8, 4) is 5.75 Å². The van der Waals surface area contributed by atoms with E-state index in [2.05, 4.69) is 6.92 Å². The third-order valence-corrected chi connectivity index (χ3v) is 3.37. The van der Waals surface area contributed by atoms with Gasteiger partial charge >= 0.3 is 11.6 Å². The number of carbonyl (C=O) groups is 1. The Balaban J connectivity index is 1.95. The highest BCUT2D eigenvalue weighted by Gasteiger charge is 2.05. The third-order valence-electron chi connectivity index (χ3n) is 3.37. The van der Waals surface area contributed by atoms with Gasteiger partial charge in [-0.2, -0.15) is 0 Å². The molecule has 0 aliphatic carbocycles. The minimum atomic E-state index is -0.649. The van der Waals surface area contributed by atoms with E-state index in [0.717, 1.165) is 24.6 Å². The van der Waals surface area contributed by atoms with Crippen LogP contribution in [0, 0.1) is 0 Å². The fourth-order valence-corrected chi connectivity index (χ4v) is 2.14. The van der Waals surface area contributed by atoms with E-state index in [1.54, 1.807) is 18.2 Å². The van der Waals surface area contributed by atoms with Gasteiger partial charge in [-0.15, -0.1) is 0 Å². The highest BCUT2D eigenvalue weighted by atomic mass is 16.5. The van der Waals surface area contributed by atoms with E-state index in [-0.39, 0.29) is 5.75 Å². The van der Waals surface area contributed by atoms with Crippen LogP contribution in [0.2, 0.25) is 0 Å². The molecule has 0 saturated heterocycles. The van der Waals surface area contributed by atoms with Crippen LogP contribution in [-0.2, 0) is 4.79 Å². The lowest BCUT2D eigenvalue weighted by Crippen LogP contribution is -2.07. The number of aliphatic hydroxyl groups is 1. The molecule has 1 N–H and O–H groups in total. The monoisotopic (exact) mass is 316 g/mol. The molecule has 0 radical (unpaired) electrons. The zero-order valence-electron chi connectivity index (χ0n) is 13.0. The average molecular weight is 316 g/mol. The Bertz CT molecular complexity index is 744. The largest absolute Gasteiger partial charge is 0.423 e. The van der Waals surface area contributed by atoms with E-state index in [1.165, 1.54) is 24.3 Å². The molecule has 1 unspecified atom stereocenters. The van der Waals surface area contributed by atoms with Crippen LogP contribution < -0.4 is 10.4 Å². The molecule has 1 heterocycles. The quantitative estimate of drug-likeness (QED) is 0.279. The molecule has 0 aliphatic rings. The summed E-state index contributed by atoms with van der Waals surface area (Å²) in [4.78, 5) is 22.9. The van der Waals surface area contributed by atoms with Crippen LogP contribution in [0.15, 0.2) is 51.7 Å². The number of hydrogen-bond donors (Lipinski definition) is 1. The fourth-order valence-electron chi connectivity index (χ4n) is 2.14. The second kappa shape index (κ2) is 8.29. The van der Waals surface area contributed by atoms with E-state index in [4.69, 9.17) is 9.15 Å². The number of rotatable bonds is 7. The zero-order valence-corrected chi connectivity index (χ0v) is 13.0. The second-order valence-corrected chi connectivity index (χ2v) is 5.30. The molecule has 0 saturated carbocycles. The van der Waals surface area contributed by atoms with Crippen molar-refractivity contribution in [3.63, 3.8) is 0 Å². The van der Waals surface area contributed by atoms with Crippen molar-refractivity contribution >= 4 is 16.9 Å². The number of unbranched alkanes of at least 4 members (excludes halogenated alkanes) is 2. The molecule has 5 heteroatoms. The summed E-state index contributed by atoms with van der Waals surface area (Å²) >= 11 is 0. The Labute approximate surface area is 134 Å². The summed E-state index contributed by atoms with van der Waals surface area (Å²) < 4.78 is 10.2. The first-order chi connectivity index (χ1) is 11.1. The molecule has 122 valence electrons. The van der Waals surface area contributed by atoms with Gasteiger partial charge in [-0.05, 0) is 30.7 Å². The molecule has 2 rings (SSSR count). The van der Waals surface area contributed by atoms with Gasteiger partial charge in [-0.3, -0.25) is 0 Å². The van der Waals surface area contributed by atoms with Crippen LogP contribution in [0.3, 0.4) is 0 Å². The van der Waals surface area contributed by atoms with E-state index in [1.807, 2.05) is 0 Å². The number of fused-ring (bicyclic) bond motifs is 1. The molecule has 0 amide bonds.